The quantitative estimate of drug-likeness (QED) is 0.801. The minimum absolute atomic E-state index is 0.0326. The van der Waals surface area contributed by atoms with Gasteiger partial charge in [-0.25, -0.2) is 4.98 Å². The number of rotatable bonds is 6. The molecule has 0 N–H and O–H groups in total. The molecule has 0 saturated carbocycles. The van der Waals surface area contributed by atoms with Gasteiger partial charge in [0.2, 0.25) is 0 Å². The van der Waals surface area contributed by atoms with Crippen LogP contribution in [0.25, 0.3) is 5.65 Å². The van der Waals surface area contributed by atoms with Crippen LogP contribution in [-0.2, 0) is 16.0 Å². The van der Waals surface area contributed by atoms with E-state index < -0.39 is 0 Å². The molecule has 0 spiro atoms. The molecule has 2 aliphatic heterocycles. The van der Waals surface area contributed by atoms with E-state index in [-0.39, 0.29) is 17.8 Å². The highest BCUT2D eigenvalue weighted by molar-refractivity contribution is 5.37. The van der Waals surface area contributed by atoms with Crippen LogP contribution in [0.1, 0.15) is 31.4 Å². The molecule has 134 valence electrons. The van der Waals surface area contributed by atoms with Gasteiger partial charge in [-0.1, -0.05) is 6.07 Å². The Balaban J connectivity index is 1.52. The van der Waals surface area contributed by atoms with Crippen LogP contribution >= 0.6 is 0 Å². The van der Waals surface area contributed by atoms with Gasteiger partial charge in [0.1, 0.15) is 5.65 Å². The van der Waals surface area contributed by atoms with E-state index in [1.807, 2.05) is 18.2 Å². The lowest BCUT2D eigenvalue weighted by Gasteiger charge is -2.27. The van der Waals surface area contributed by atoms with Gasteiger partial charge in [0.15, 0.2) is 0 Å². The van der Waals surface area contributed by atoms with Crippen molar-refractivity contribution in [2.45, 2.75) is 44.4 Å². The molecule has 2 aromatic rings. The standard InChI is InChI=1S/C19H25N3O3/c23-19-11-15(20-18-7-1-2-8-22(18)19)12-21(13-16-5-3-9-24-16)14-17-6-4-10-25-17/h1-2,7-8,11,16-17H,3-6,9-10,12-14H2/t16-,17-/m0/s1. The number of ether oxygens (including phenoxy) is 2. The molecule has 2 saturated heterocycles. The van der Waals surface area contributed by atoms with Gasteiger partial charge in [0, 0.05) is 45.1 Å². The summed E-state index contributed by atoms with van der Waals surface area (Å²) in [6.45, 7) is 4.10. The fraction of sp³-hybridized carbons (Fsp3) is 0.579. The van der Waals surface area contributed by atoms with Crippen LogP contribution in [0.5, 0.6) is 0 Å². The number of fused-ring (bicyclic) bond motifs is 1. The SMILES string of the molecule is O=c1cc(CN(C[C@@H]2CCCO2)C[C@@H]2CCCO2)nc2ccccn12. The van der Waals surface area contributed by atoms with Gasteiger partial charge in [0.05, 0.1) is 17.9 Å². The molecule has 2 aliphatic rings. The van der Waals surface area contributed by atoms with Crippen molar-refractivity contribution in [3.05, 3.63) is 46.5 Å². The van der Waals surface area contributed by atoms with Crippen LogP contribution in [0.3, 0.4) is 0 Å². The van der Waals surface area contributed by atoms with E-state index in [1.165, 1.54) is 0 Å². The van der Waals surface area contributed by atoms with E-state index in [0.717, 1.165) is 57.7 Å². The molecular weight excluding hydrogens is 318 g/mol. The average molecular weight is 343 g/mol. The Morgan fingerprint density at radius 2 is 1.84 bits per heavy atom. The van der Waals surface area contributed by atoms with Gasteiger partial charge < -0.3 is 9.47 Å². The maximum Gasteiger partial charge on any atom is 0.258 e. The molecule has 4 heterocycles. The van der Waals surface area contributed by atoms with Crippen molar-refractivity contribution in [1.29, 1.82) is 0 Å². The summed E-state index contributed by atoms with van der Waals surface area (Å²) in [5.41, 5.74) is 1.47. The van der Waals surface area contributed by atoms with Crippen LogP contribution in [0.2, 0.25) is 0 Å². The lowest BCUT2D eigenvalue weighted by atomic mass is 10.2. The van der Waals surface area contributed by atoms with E-state index in [0.29, 0.717) is 12.2 Å². The molecule has 2 fully saturated rings. The molecule has 4 rings (SSSR count). The smallest absolute Gasteiger partial charge is 0.258 e. The van der Waals surface area contributed by atoms with Crippen molar-refractivity contribution in [3.8, 4) is 0 Å². The van der Waals surface area contributed by atoms with Crippen LogP contribution < -0.4 is 5.56 Å². The number of hydrogen-bond acceptors (Lipinski definition) is 5. The van der Waals surface area contributed by atoms with Crippen molar-refractivity contribution < 1.29 is 9.47 Å². The van der Waals surface area contributed by atoms with Crippen LogP contribution in [0.4, 0.5) is 0 Å². The van der Waals surface area contributed by atoms with Gasteiger partial charge >= 0.3 is 0 Å². The normalized spacial score (nSPS) is 23.7. The Morgan fingerprint density at radius 1 is 1.12 bits per heavy atom. The summed E-state index contributed by atoms with van der Waals surface area (Å²) in [5, 5.41) is 0. The number of pyridine rings is 1. The largest absolute Gasteiger partial charge is 0.377 e. The van der Waals surface area contributed by atoms with E-state index in [2.05, 4.69) is 9.88 Å². The van der Waals surface area contributed by atoms with Gasteiger partial charge in [-0.15, -0.1) is 0 Å². The van der Waals surface area contributed by atoms with E-state index in [4.69, 9.17) is 9.47 Å². The fourth-order valence-electron chi connectivity index (χ4n) is 3.77. The molecule has 0 bridgehead atoms. The predicted molar refractivity (Wildman–Crippen MR) is 94.7 cm³/mol. The summed E-state index contributed by atoms with van der Waals surface area (Å²) in [5.74, 6) is 0. The Kier molecular flexibility index (Phi) is 5.10. The Hall–Kier alpha value is -1.76. The topological polar surface area (TPSA) is 56.1 Å². The summed E-state index contributed by atoms with van der Waals surface area (Å²) >= 11 is 0. The maximum atomic E-state index is 12.3. The minimum atomic E-state index is -0.0326. The summed E-state index contributed by atoms with van der Waals surface area (Å²) in [7, 11) is 0. The minimum Gasteiger partial charge on any atom is -0.377 e. The first-order valence-electron chi connectivity index (χ1n) is 9.21. The second-order valence-corrected chi connectivity index (χ2v) is 6.98. The third kappa shape index (κ3) is 4.08. The Morgan fingerprint density at radius 3 is 2.48 bits per heavy atom. The number of nitrogens with zero attached hydrogens (tertiary/aromatic N) is 3. The average Bonchev–Trinajstić information content (AvgIpc) is 3.29. The highest BCUT2D eigenvalue weighted by atomic mass is 16.5. The number of aromatic nitrogens is 2. The van der Waals surface area contributed by atoms with Gasteiger partial charge in [-0.2, -0.15) is 0 Å². The second kappa shape index (κ2) is 7.64. The van der Waals surface area contributed by atoms with Crippen molar-refractivity contribution in [2.75, 3.05) is 26.3 Å². The first-order chi connectivity index (χ1) is 12.3. The molecule has 2 aromatic heterocycles. The summed E-state index contributed by atoms with van der Waals surface area (Å²) in [6, 6.07) is 7.26. The van der Waals surface area contributed by atoms with Crippen LogP contribution in [0, 0.1) is 0 Å². The zero-order valence-electron chi connectivity index (χ0n) is 14.5. The molecule has 0 amide bonds. The summed E-state index contributed by atoms with van der Waals surface area (Å²) in [4.78, 5) is 19.3. The lowest BCUT2D eigenvalue weighted by Crippen LogP contribution is -2.37. The van der Waals surface area contributed by atoms with Gasteiger partial charge in [-0.05, 0) is 37.8 Å². The van der Waals surface area contributed by atoms with E-state index >= 15 is 0 Å². The van der Waals surface area contributed by atoms with Gasteiger partial charge in [0.25, 0.3) is 5.56 Å². The molecule has 0 unspecified atom stereocenters. The summed E-state index contributed by atoms with van der Waals surface area (Å²) < 4.78 is 13.2. The predicted octanol–water partition coefficient (Wildman–Crippen LogP) is 1.85. The van der Waals surface area contributed by atoms with Crippen LogP contribution in [0.15, 0.2) is 35.3 Å². The second-order valence-electron chi connectivity index (χ2n) is 6.98. The van der Waals surface area contributed by atoms with E-state index in [9.17, 15) is 4.79 Å². The molecule has 0 aromatic carbocycles. The van der Waals surface area contributed by atoms with Crippen molar-refractivity contribution in [3.63, 3.8) is 0 Å². The van der Waals surface area contributed by atoms with Crippen LogP contribution in [-0.4, -0.2) is 52.8 Å². The van der Waals surface area contributed by atoms with Crippen molar-refractivity contribution in [1.82, 2.24) is 14.3 Å². The molecule has 0 radical (unpaired) electrons. The first-order valence-corrected chi connectivity index (χ1v) is 9.21. The highest BCUT2D eigenvalue weighted by Crippen LogP contribution is 2.18. The number of hydrogen-bond donors (Lipinski definition) is 0. The third-order valence-electron chi connectivity index (χ3n) is 4.98. The highest BCUT2D eigenvalue weighted by Gasteiger charge is 2.24. The van der Waals surface area contributed by atoms with Gasteiger partial charge in [-0.3, -0.25) is 14.1 Å². The Bertz CT molecular complexity index is 746. The molecule has 6 heteroatoms. The molecular formula is C19H25N3O3. The molecule has 25 heavy (non-hydrogen) atoms. The Labute approximate surface area is 147 Å². The third-order valence-corrected chi connectivity index (χ3v) is 4.98. The molecule has 2 atom stereocenters. The zero-order valence-corrected chi connectivity index (χ0v) is 14.5. The van der Waals surface area contributed by atoms with Crippen molar-refractivity contribution in [2.24, 2.45) is 0 Å². The maximum absolute atomic E-state index is 12.3. The fourth-order valence-corrected chi connectivity index (χ4v) is 3.77. The lowest BCUT2D eigenvalue weighted by molar-refractivity contribution is 0.0341. The monoisotopic (exact) mass is 343 g/mol. The molecule has 0 aliphatic carbocycles. The van der Waals surface area contributed by atoms with Crippen molar-refractivity contribution >= 4 is 5.65 Å². The first kappa shape index (κ1) is 16.7. The van der Waals surface area contributed by atoms with E-state index in [1.54, 1.807) is 16.7 Å². The molecule has 6 nitrogen and oxygen atoms in total. The summed E-state index contributed by atoms with van der Waals surface area (Å²) in [6.07, 6.45) is 6.80. The zero-order chi connectivity index (χ0) is 17.1.